The molecule has 18 heavy (non-hydrogen) atoms. The zero-order valence-corrected chi connectivity index (χ0v) is 11.6. The van der Waals surface area contributed by atoms with Gasteiger partial charge in [-0.15, -0.1) is 0 Å². The van der Waals surface area contributed by atoms with Crippen molar-refractivity contribution in [2.75, 3.05) is 13.1 Å². The number of benzene rings is 1. The van der Waals surface area contributed by atoms with Crippen molar-refractivity contribution in [2.45, 2.75) is 25.4 Å². The number of non-ortho nitro benzene ring substituents is 1. The summed E-state index contributed by atoms with van der Waals surface area (Å²) in [6.07, 6.45) is 2.04. The zero-order valence-electron chi connectivity index (χ0n) is 10.0. The van der Waals surface area contributed by atoms with Gasteiger partial charge in [-0.05, 0) is 37.6 Å². The van der Waals surface area contributed by atoms with Gasteiger partial charge in [-0.2, -0.15) is 0 Å². The summed E-state index contributed by atoms with van der Waals surface area (Å²) < 4.78 is 0.798. The zero-order chi connectivity index (χ0) is 13.1. The van der Waals surface area contributed by atoms with E-state index in [1.807, 2.05) is 6.07 Å². The molecule has 0 atom stereocenters. The predicted molar refractivity (Wildman–Crippen MR) is 73.3 cm³/mol. The third-order valence-corrected chi connectivity index (χ3v) is 4.01. The molecule has 0 aliphatic carbocycles. The topological polar surface area (TPSA) is 72.4 Å². The fourth-order valence-corrected chi connectivity index (χ4v) is 2.62. The van der Waals surface area contributed by atoms with Crippen LogP contribution in [0.3, 0.4) is 0 Å². The van der Waals surface area contributed by atoms with E-state index in [1.165, 1.54) is 0 Å². The fraction of sp³-hybridized carbons (Fsp3) is 0.500. The van der Waals surface area contributed by atoms with Gasteiger partial charge in [0.15, 0.2) is 0 Å². The maximum absolute atomic E-state index is 10.7. The summed E-state index contributed by atoms with van der Waals surface area (Å²) in [6, 6.07) is 5.25. The number of likely N-dealkylation sites (tertiary alicyclic amines) is 1. The quantitative estimate of drug-likeness (QED) is 0.686. The highest BCUT2D eigenvalue weighted by molar-refractivity contribution is 9.10. The molecule has 2 N–H and O–H groups in total. The Hall–Kier alpha value is -0.980. The Balaban J connectivity index is 2.03. The van der Waals surface area contributed by atoms with Crippen LogP contribution in [-0.2, 0) is 6.54 Å². The molecule has 0 radical (unpaired) electrons. The summed E-state index contributed by atoms with van der Waals surface area (Å²) in [6.45, 7) is 2.79. The van der Waals surface area contributed by atoms with Crippen molar-refractivity contribution >= 4 is 21.6 Å². The Morgan fingerprint density at radius 1 is 1.44 bits per heavy atom. The van der Waals surface area contributed by atoms with E-state index in [0.29, 0.717) is 6.04 Å². The number of rotatable bonds is 3. The largest absolute Gasteiger partial charge is 0.328 e. The van der Waals surface area contributed by atoms with Crippen molar-refractivity contribution < 1.29 is 4.92 Å². The van der Waals surface area contributed by atoms with Crippen molar-refractivity contribution in [3.05, 3.63) is 38.3 Å². The van der Waals surface area contributed by atoms with E-state index in [1.54, 1.807) is 12.1 Å². The van der Waals surface area contributed by atoms with Gasteiger partial charge in [-0.25, -0.2) is 0 Å². The molecular formula is C12H16BrN3O2. The second-order valence-corrected chi connectivity index (χ2v) is 5.50. The molecule has 1 saturated heterocycles. The lowest BCUT2D eigenvalue weighted by Crippen LogP contribution is -2.39. The Labute approximate surface area is 114 Å². The molecule has 5 nitrogen and oxygen atoms in total. The molecule has 1 fully saturated rings. The maximum Gasteiger partial charge on any atom is 0.270 e. The SMILES string of the molecule is NC1CCN(Cc2ccc([N+](=O)[O-])cc2Br)CC1. The van der Waals surface area contributed by atoms with E-state index in [-0.39, 0.29) is 10.6 Å². The van der Waals surface area contributed by atoms with E-state index in [4.69, 9.17) is 5.73 Å². The summed E-state index contributed by atoms with van der Waals surface area (Å²) in [4.78, 5) is 12.6. The van der Waals surface area contributed by atoms with Gasteiger partial charge in [0.05, 0.1) is 4.92 Å². The van der Waals surface area contributed by atoms with Gasteiger partial charge < -0.3 is 5.73 Å². The standard InChI is InChI=1S/C12H16BrN3O2/c13-12-7-11(16(17)18)2-1-9(12)8-15-5-3-10(14)4-6-15/h1-2,7,10H,3-6,8,14H2. The lowest BCUT2D eigenvalue weighted by atomic mass is 10.1. The average Bonchev–Trinajstić information content (AvgIpc) is 2.34. The van der Waals surface area contributed by atoms with Crippen LogP contribution in [0.1, 0.15) is 18.4 Å². The van der Waals surface area contributed by atoms with Gasteiger partial charge in [0.2, 0.25) is 0 Å². The minimum atomic E-state index is -0.381. The highest BCUT2D eigenvalue weighted by atomic mass is 79.9. The number of nitro groups is 1. The van der Waals surface area contributed by atoms with Crippen LogP contribution in [0, 0.1) is 10.1 Å². The average molecular weight is 314 g/mol. The predicted octanol–water partition coefficient (Wildman–Crippen LogP) is 2.28. The van der Waals surface area contributed by atoms with Crippen molar-refractivity contribution in [2.24, 2.45) is 5.73 Å². The summed E-state index contributed by atoms with van der Waals surface area (Å²) in [5.41, 5.74) is 7.06. The minimum absolute atomic E-state index is 0.117. The first-order chi connectivity index (χ1) is 8.56. The molecule has 1 aromatic carbocycles. The highest BCUT2D eigenvalue weighted by Gasteiger charge is 2.17. The van der Waals surface area contributed by atoms with Gasteiger partial charge in [0.25, 0.3) is 5.69 Å². The van der Waals surface area contributed by atoms with Crippen LogP contribution >= 0.6 is 15.9 Å². The second-order valence-electron chi connectivity index (χ2n) is 4.65. The van der Waals surface area contributed by atoms with Crippen molar-refractivity contribution in [3.8, 4) is 0 Å². The van der Waals surface area contributed by atoms with Crippen LogP contribution in [0.25, 0.3) is 0 Å². The van der Waals surface area contributed by atoms with Crippen LogP contribution in [0.4, 0.5) is 5.69 Å². The Morgan fingerprint density at radius 3 is 2.67 bits per heavy atom. The molecular weight excluding hydrogens is 298 g/mol. The van der Waals surface area contributed by atoms with Crippen molar-refractivity contribution in [3.63, 3.8) is 0 Å². The van der Waals surface area contributed by atoms with Gasteiger partial charge in [-0.3, -0.25) is 15.0 Å². The number of piperidine rings is 1. The third-order valence-electron chi connectivity index (χ3n) is 3.27. The van der Waals surface area contributed by atoms with Crippen LogP contribution in [-0.4, -0.2) is 29.0 Å². The number of hydrogen-bond donors (Lipinski definition) is 1. The second kappa shape index (κ2) is 5.77. The molecule has 0 amide bonds. The molecule has 0 spiro atoms. The molecule has 98 valence electrons. The number of nitrogens with zero attached hydrogens (tertiary/aromatic N) is 2. The lowest BCUT2D eigenvalue weighted by molar-refractivity contribution is -0.384. The van der Waals surface area contributed by atoms with Gasteiger partial charge in [0, 0.05) is 29.2 Å². The van der Waals surface area contributed by atoms with Crippen LogP contribution in [0.2, 0.25) is 0 Å². The van der Waals surface area contributed by atoms with Gasteiger partial charge in [-0.1, -0.05) is 15.9 Å². The summed E-state index contributed by atoms with van der Waals surface area (Å²) in [5, 5.41) is 10.7. The first kappa shape index (κ1) is 13.5. The van der Waals surface area contributed by atoms with E-state index in [9.17, 15) is 10.1 Å². The number of halogens is 1. The fourth-order valence-electron chi connectivity index (χ4n) is 2.13. The van der Waals surface area contributed by atoms with Crippen LogP contribution < -0.4 is 5.73 Å². The number of nitrogens with two attached hydrogens (primary N) is 1. The molecule has 1 aromatic rings. The smallest absolute Gasteiger partial charge is 0.270 e. The first-order valence-electron chi connectivity index (χ1n) is 5.97. The monoisotopic (exact) mass is 313 g/mol. The summed E-state index contributed by atoms with van der Waals surface area (Å²) in [5.74, 6) is 0. The molecule has 0 bridgehead atoms. The Morgan fingerprint density at radius 2 is 2.11 bits per heavy atom. The molecule has 1 heterocycles. The molecule has 1 aliphatic rings. The van der Waals surface area contributed by atoms with E-state index >= 15 is 0 Å². The normalized spacial score (nSPS) is 17.9. The minimum Gasteiger partial charge on any atom is -0.328 e. The third kappa shape index (κ3) is 3.28. The highest BCUT2D eigenvalue weighted by Crippen LogP contribution is 2.25. The lowest BCUT2D eigenvalue weighted by Gasteiger charge is -2.30. The van der Waals surface area contributed by atoms with Crippen LogP contribution in [0.15, 0.2) is 22.7 Å². The van der Waals surface area contributed by atoms with Gasteiger partial charge in [0.1, 0.15) is 0 Å². The summed E-state index contributed by atoms with van der Waals surface area (Å²) in [7, 11) is 0. The van der Waals surface area contributed by atoms with E-state index < -0.39 is 0 Å². The van der Waals surface area contributed by atoms with Crippen LogP contribution in [0.5, 0.6) is 0 Å². The summed E-state index contributed by atoms with van der Waals surface area (Å²) >= 11 is 3.40. The van der Waals surface area contributed by atoms with E-state index in [0.717, 1.165) is 42.5 Å². The molecule has 0 saturated carbocycles. The molecule has 0 unspecified atom stereocenters. The molecule has 1 aliphatic heterocycles. The Kier molecular flexibility index (Phi) is 4.31. The molecule has 6 heteroatoms. The molecule has 2 rings (SSSR count). The maximum atomic E-state index is 10.7. The van der Waals surface area contributed by atoms with Crippen molar-refractivity contribution in [1.29, 1.82) is 0 Å². The van der Waals surface area contributed by atoms with E-state index in [2.05, 4.69) is 20.8 Å². The first-order valence-corrected chi connectivity index (χ1v) is 6.76. The number of nitro benzene ring substituents is 1. The number of hydrogen-bond acceptors (Lipinski definition) is 4. The van der Waals surface area contributed by atoms with Gasteiger partial charge >= 0.3 is 0 Å². The van der Waals surface area contributed by atoms with Crippen molar-refractivity contribution in [1.82, 2.24) is 4.90 Å². The molecule has 0 aromatic heterocycles. The Bertz CT molecular complexity index is 445.